The van der Waals surface area contributed by atoms with Crippen LogP contribution in [0.15, 0.2) is 79.3 Å². The summed E-state index contributed by atoms with van der Waals surface area (Å²) >= 11 is 0. The highest BCUT2D eigenvalue weighted by molar-refractivity contribution is 6.00. The van der Waals surface area contributed by atoms with Crippen LogP contribution in [0.5, 0.6) is 0 Å². The summed E-state index contributed by atoms with van der Waals surface area (Å²) in [6.45, 7) is 3.19. The number of hydrogen-bond donors (Lipinski definition) is 2. The maximum atomic E-state index is 13.9. The number of H-pyrrole nitrogens is 1. The molecule has 192 valence electrons. The highest BCUT2D eigenvalue weighted by Gasteiger charge is 2.30. The van der Waals surface area contributed by atoms with Crippen molar-refractivity contribution in [3.05, 3.63) is 102 Å². The van der Waals surface area contributed by atoms with Crippen LogP contribution in [0.25, 0.3) is 10.9 Å². The predicted molar refractivity (Wildman–Crippen MR) is 143 cm³/mol. The van der Waals surface area contributed by atoms with Gasteiger partial charge in [0.05, 0.1) is 6.20 Å². The Bertz CT molecular complexity index is 1350. The number of piperazine rings is 1. The standard InChI is InChI=1S/C28H28FN5O2.ClH/c29-24-19-30-11-8-20(24)10-13-33-14-16-34(17-15-33)28(36)26(22-4-2-1-3-5-22)32-27(35)23-7-6-21-9-12-31-25(21)18-23;/h1-9,11-12,18-19,26,31H,10,13-17H2,(H,32,35);1H/t26-;/m1./s1. The maximum absolute atomic E-state index is 13.9. The molecule has 0 bridgehead atoms. The molecule has 2 aromatic carbocycles. The lowest BCUT2D eigenvalue weighted by Crippen LogP contribution is -2.52. The summed E-state index contributed by atoms with van der Waals surface area (Å²) in [6.07, 6.45) is 5.26. The lowest BCUT2D eigenvalue weighted by atomic mass is 10.0. The van der Waals surface area contributed by atoms with Crippen molar-refractivity contribution in [1.29, 1.82) is 0 Å². The molecular formula is C28H29ClFN5O2. The zero-order chi connectivity index (χ0) is 24.9. The van der Waals surface area contributed by atoms with E-state index < -0.39 is 6.04 Å². The number of aromatic amines is 1. The summed E-state index contributed by atoms with van der Waals surface area (Å²) in [5.74, 6) is -0.717. The molecule has 0 saturated carbocycles. The number of benzene rings is 2. The van der Waals surface area contributed by atoms with E-state index in [1.165, 1.54) is 6.20 Å². The van der Waals surface area contributed by atoms with Gasteiger partial charge < -0.3 is 15.2 Å². The summed E-state index contributed by atoms with van der Waals surface area (Å²) < 4.78 is 13.9. The first kappa shape index (κ1) is 26.3. The Balaban J connectivity index is 0.00000320. The molecule has 2 N–H and O–H groups in total. The van der Waals surface area contributed by atoms with Gasteiger partial charge >= 0.3 is 0 Å². The van der Waals surface area contributed by atoms with E-state index in [0.29, 0.717) is 50.3 Å². The molecule has 0 unspecified atom stereocenters. The lowest BCUT2D eigenvalue weighted by Gasteiger charge is -2.36. The van der Waals surface area contributed by atoms with Gasteiger partial charge in [-0.25, -0.2) is 4.39 Å². The third-order valence-corrected chi connectivity index (χ3v) is 6.71. The molecule has 0 spiro atoms. The molecule has 1 atom stereocenters. The minimum atomic E-state index is -0.782. The monoisotopic (exact) mass is 521 g/mol. The first-order valence-corrected chi connectivity index (χ1v) is 12.1. The number of aromatic nitrogens is 2. The molecule has 3 heterocycles. The summed E-state index contributed by atoms with van der Waals surface area (Å²) in [6, 6.07) is 17.6. The van der Waals surface area contributed by atoms with Gasteiger partial charge in [0.2, 0.25) is 5.91 Å². The van der Waals surface area contributed by atoms with E-state index >= 15 is 0 Å². The van der Waals surface area contributed by atoms with E-state index in [1.54, 1.807) is 29.3 Å². The van der Waals surface area contributed by atoms with E-state index in [2.05, 4.69) is 20.2 Å². The van der Waals surface area contributed by atoms with Gasteiger partial charge in [-0.05, 0) is 47.2 Å². The molecule has 2 amide bonds. The fraction of sp³-hybridized carbons (Fsp3) is 0.250. The normalized spacial score (nSPS) is 14.7. The van der Waals surface area contributed by atoms with Gasteiger partial charge in [0.15, 0.2) is 0 Å². The minimum absolute atomic E-state index is 0. The Hall–Kier alpha value is -3.75. The highest BCUT2D eigenvalue weighted by atomic mass is 35.5. The molecule has 9 heteroatoms. The minimum Gasteiger partial charge on any atom is -0.361 e. The van der Waals surface area contributed by atoms with Crippen LogP contribution in [0.3, 0.4) is 0 Å². The number of nitrogens with one attached hydrogen (secondary N) is 2. The van der Waals surface area contributed by atoms with Gasteiger partial charge in [0.1, 0.15) is 11.9 Å². The van der Waals surface area contributed by atoms with Crippen LogP contribution in [0.4, 0.5) is 4.39 Å². The SMILES string of the molecule is Cl.O=C(N[C@@H](C(=O)N1CCN(CCc2ccncc2F)CC1)c1ccccc1)c1ccc2cc[nH]c2c1. The molecule has 2 aromatic heterocycles. The number of rotatable bonds is 7. The van der Waals surface area contributed by atoms with Crippen molar-refractivity contribution >= 4 is 35.1 Å². The zero-order valence-electron chi connectivity index (χ0n) is 20.3. The van der Waals surface area contributed by atoms with E-state index in [0.717, 1.165) is 16.5 Å². The number of hydrogen-bond acceptors (Lipinski definition) is 4. The average molecular weight is 522 g/mol. The van der Waals surface area contributed by atoms with Crippen molar-refractivity contribution < 1.29 is 14.0 Å². The van der Waals surface area contributed by atoms with Crippen LogP contribution in [0, 0.1) is 5.82 Å². The van der Waals surface area contributed by atoms with Crippen LogP contribution in [0.2, 0.25) is 0 Å². The first-order valence-electron chi connectivity index (χ1n) is 12.1. The van der Waals surface area contributed by atoms with E-state index in [9.17, 15) is 14.0 Å². The summed E-state index contributed by atoms with van der Waals surface area (Å²) in [7, 11) is 0. The second-order valence-corrected chi connectivity index (χ2v) is 8.98. The van der Waals surface area contributed by atoms with Gasteiger partial charge in [0.25, 0.3) is 5.91 Å². The van der Waals surface area contributed by atoms with Gasteiger partial charge in [0, 0.05) is 56.2 Å². The molecule has 1 aliphatic rings. The molecule has 37 heavy (non-hydrogen) atoms. The molecule has 1 saturated heterocycles. The van der Waals surface area contributed by atoms with Gasteiger partial charge in [-0.1, -0.05) is 36.4 Å². The lowest BCUT2D eigenvalue weighted by molar-refractivity contribution is -0.135. The van der Waals surface area contributed by atoms with Gasteiger partial charge in [-0.2, -0.15) is 0 Å². The summed E-state index contributed by atoms with van der Waals surface area (Å²) in [5.41, 5.74) is 2.75. The van der Waals surface area contributed by atoms with Crippen molar-refractivity contribution in [1.82, 2.24) is 25.1 Å². The molecule has 0 radical (unpaired) electrons. The van der Waals surface area contributed by atoms with Crippen molar-refractivity contribution in [3.63, 3.8) is 0 Å². The van der Waals surface area contributed by atoms with Gasteiger partial charge in [-0.3, -0.25) is 19.5 Å². The van der Waals surface area contributed by atoms with E-state index in [-0.39, 0.29) is 30.0 Å². The van der Waals surface area contributed by atoms with Crippen LogP contribution in [0.1, 0.15) is 27.5 Å². The number of amides is 2. The van der Waals surface area contributed by atoms with E-state index in [1.807, 2.05) is 48.7 Å². The van der Waals surface area contributed by atoms with Crippen molar-refractivity contribution in [2.24, 2.45) is 0 Å². The number of carbonyl (C=O) groups is 2. The van der Waals surface area contributed by atoms with Crippen LogP contribution in [-0.2, 0) is 11.2 Å². The van der Waals surface area contributed by atoms with Crippen LogP contribution < -0.4 is 5.32 Å². The van der Waals surface area contributed by atoms with Crippen molar-refractivity contribution in [2.75, 3.05) is 32.7 Å². The first-order chi connectivity index (χ1) is 17.6. The Morgan fingerprint density at radius 2 is 1.81 bits per heavy atom. The quantitative estimate of drug-likeness (QED) is 0.385. The highest BCUT2D eigenvalue weighted by Crippen LogP contribution is 2.20. The third-order valence-electron chi connectivity index (χ3n) is 6.71. The smallest absolute Gasteiger partial charge is 0.252 e. The molecule has 7 nitrogen and oxygen atoms in total. The molecule has 5 rings (SSSR count). The van der Waals surface area contributed by atoms with Crippen molar-refractivity contribution in [2.45, 2.75) is 12.5 Å². The second-order valence-electron chi connectivity index (χ2n) is 8.98. The number of halogens is 2. The molecular weight excluding hydrogens is 493 g/mol. The summed E-state index contributed by atoms with van der Waals surface area (Å²) in [4.78, 5) is 37.7. The number of fused-ring (bicyclic) bond motifs is 1. The molecule has 4 aromatic rings. The second kappa shape index (κ2) is 12.0. The molecule has 1 aliphatic heterocycles. The third kappa shape index (κ3) is 6.15. The average Bonchev–Trinajstić information content (AvgIpc) is 3.40. The number of carbonyl (C=O) groups excluding carboxylic acids is 2. The summed E-state index contributed by atoms with van der Waals surface area (Å²) in [5, 5.41) is 3.98. The Morgan fingerprint density at radius 1 is 1.03 bits per heavy atom. The molecule has 0 aliphatic carbocycles. The van der Waals surface area contributed by atoms with Gasteiger partial charge in [-0.15, -0.1) is 12.4 Å². The fourth-order valence-corrected chi connectivity index (χ4v) is 4.60. The molecule has 1 fully saturated rings. The maximum Gasteiger partial charge on any atom is 0.252 e. The number of nitrogens with zero attached hydrogens (tertiary/aromatic N) is 3. The zero-order valence-corrected chi connectivity index (χ0v) is 21.1. The van der Waals surface area contributed by atoms with Crippen LogP contribution >= 0.6 is 12.4 Å². The Morgan fingerprint density at radius 3 is 2.57 bits per heavy atom. The number of pyridine rings is 1. The fourth-order valence-electron chi connectivity index (χ4n) is 4.60. The Labute approximate surface area is 221 Å². The van der Waals surface area contributed by atoms with Crippen LogP contribution in [-0.4, -0.2) is 64.3 Å². The van der Waals surface area contributed by atoms with E-state index in [4.69, 9.17) is 0 Å². The Kier molecular flexibility index (Phi) is 8.53. The predicted octanol–water partition coefficient (Wildman–Crippen LogP) is 3.98. The topological polar surface area (TPSA) is 81.3 Å². The van der Waals surface area contributed by atoms with Crippen molar-refractivity contribution in [3.8, 4) is 0 Å². The largest absolute Gasteiger partial charge is 0.361 e.